The third kappa shape index (κ3) is 2.66. The summed E-state index contributed by atoms with van der Waals surface area (Å²) in [6.45, 7) is 6.03. The lowest BCUT2D eigenvalue weighted by atomic mass is 9.22. The van der Waals surface area contributed by atoms with Crippen LogP contribution in [0, 0.1) is 28.6 Å². The van der Waals surface area contributed by atoms with Gasteiger partial charge in [-0.3, -0.25) is 4.79 Å². The largest absolute Gasteiger partial charge is 0.460 e. The molecule has 0 heterocycles. The highest BCUT2D eigenvalue weighted by Crippen LogP contribution is 2.92. The first-order valence-corrected chi connectivity index (χ1v) is 13.9. The summed E-state index contributed by atoms with van der Waals surface area (Å²) >= 11 is 0. The van der Waals surface area contributed by atoms with Crippen molar-refractivity contribution in [1.82, 2.24) is 0 Å². The number of fused-ring (bicyclic) bond motifs is 1. The number of allylic oxidation sites excluding steroid dienone is 4. The minimum Gasteiger partial charge on any atom is -0.460 e. The van der Waals surface area contributed by atoms with E-state index in [0.717, 1.165) is 25.7 Å². The van der Waals surface area contributed by atoms with Crippen LogP contribution in [-0.4, -0.2) is 11.6 Å². The second kappa shape index (κ2) is 7.24. The lowest BCUT2D eigenvalue weighted by molar-refractivity contribution is -0.242. The van der Waals surface area contributed by atoms with Crippen LogP contribution in [0.5, 0.6) is 0 Å². The predicted molar refractivity (Wildman–Crippen MR) is 143 cm³/mol. The van der Waals surface area contributed by atoms with E-state index in [2.05, 4.69) is 85.0 Å². The van der Waals surface area contributed by atoms with Gasteiger partial charge in [0.05, 0.1) is 5.92 Å². The average molecular weight is 479 g/mol. The van der Waals surface area contributed by atoms with Crippen molar-refractivity contribution in [2.24, 2.45) is 28.6 Å². The molecule has 0 radical (unpaired) electrons. The van der Waals surface area contributed by atoms with E-state index in [1.165, 1.54) is 24.0 Å². The molecule has 7 unspecified atom stereocenters. The van der Waals surface area contributed by atoms with E-state index < -0.39 is 5.60 Å². The highest BCUT2D eigenvalue weighted by Gasteiger charge is 2.89. The summed E-state index contributed by atoms with van der Waals surface area (Å²) in [6.07, 6.45) is 16.0. The van der Waals surface area contributed by atoms with Crippen LogP contribution >= 0.6 is 0 Å². The third-order valence-corrected chi connectivity index (χ3v) is 11.1. The molecule has 2 heteroatoms. The first-order chi connectivity index (χ1) is 17.3. The Bertz CT molecular complexity index is 1250. The standard InChI is InChI=1S/C34H38O2/c1-30(2,3)36-29(35)27-19-31(24-13-7-4-8-14-24)21-32(25-15-9-5-10-16-25)23-34(26-17-11-6-12-18-26)28(27)20-33(32,34)22-31/h4-13,15-18,24,27-28H,14,19-23H2,1-3H3. The van der Waals surface area contributed by atoms with Crippen LogP contribution in [0.15, 0.2) is 85.0 Å². The van der Waals surface area contributed by atoms with Crippen molar-refractivity contribution in [2.45, 2.75) is 75.7 Å². The van der Waals surface area contributed by atoms with E-state index in [9.17, 15) is 4.79 Å². The Morgan fingerprint density at radius 2 is 1.56 bits per heavy atom. The van der Waals surface area contributed by atoms with E-state index in [1.54, 1.807) is 0 Å². The molecule has 0 N–H and O–H groups in total. The zero-order valence-electron chi connectivity index (χ0n) is 21.9. The molecule has 1 spiro atoms. The van der Waals surface area contributed by atoms with Gasteiger partial charge in [0.25, 0.3) is 0 Å². The van der Waals surface area contributed by atoms with Crippen LogP contribution in [0.25, 0.3) is 0 Å². The molecule has 8 rings (SSSR count). The number of hydrogen-bond acceptors (Lipinski definition) is 2. The van der Waals surface area contributed by atoms with Crippen molar-refractivity contribution in [3.8, 4) is 0 Å². The molecule has 0 aromatic heterocycles. The second-order valence-corrected chi connectivity index (χ2v) is 13.6. The van der Waals surface area contributed by atoms with Crippen LogP contribution < -0.4 is 0 Å². The van der Waals surface area contributed by atoms with E-state index in [4.69, 9.17) is 4.74 Å². The Morgan fingerprint density at radius 1 is 0.861 bits per heavy atom. The molecule has 0 saturated heterocycles. The molecular formula is C34H38O2. The van der Waals surface area contributed by atoms with Gasteiger partial charge < -0.3 is 4.74 Å². The molecule has 5 saturated carbocycles. The fourth-order valence-corrected chi connectivity index (χ4v) is 10.2. The van der Waals surface area contributed by atoms with Crippen molar-refractivity contribution >= 4 is 5.97 Å². The molecule has 0 amide bonds. The number of rotatable bonds is 4. The average Bonchev–Trinajstić information content (AvgIpc) is 2.96. The maximum Gasteiger partial charge on any atom is 0.309 e. The Kier molecular flexibility index (Phi) is 4.54. The van der Waals surface area contributed by atoms with Crippen molar-refractivity contribution < 1.29 is 9.53 Å². The van der Waals surface area contributed by atoms with Gasteiger partial charge in [-0.25, -0.2) is 0 Å². The SMILES string of the molecule is CC(C)(C)OC(=O)C1CC2(C3C=CC=CC3)CC3(c4ccccc4)CC4(c5ccccc5)C1CC34C2. The molecule has 6 aliphatic rings. The van der Waals surface area contributed by atoms with Crippen molar-refractivity contribution in [1.29, 1.82) is 0 Å². The smallest absolute Gasteiger partial charge is 0.309 e. The number of benzene rings is 2. The topological polar surface area (TPSA) is 26.3 Å². The maximum absolute atomic E-state index is 13.9. The minimum atomic E-state index is -0.461. The molecule has 2 nitrogen and oxygen atoms in total. The molecule has 7 atom stereocenters. The number of esters is 1. The zero-order chi connectivity index (χ0) is 24.8. The van der Waals surface area contributed by atoms with Crippen LogP contribution in [0.4, 0.5) is 0 Å². The highest BCUT2D eigenvalue weighted by atomic mass is 16.6. The van der Waals surface area contributed by atoms with E-state index >= 15 is 0 Å². The lowest BCUT2D eigenvalue weighted by Gasteiger charge is -2.81. The molecular weight excluding hydrogens is 440 g/mol. The molecule has 6 aliphatic carbocycles. The van der Waals surface area contributed by atoms with Crippen LogP contribution in [0.1, 0.15) is 70.4 Å². The molecule has 0 aliphatic heterocycles. The molecule has 5 fully saturated rings. The first-order valence-electron chi connectivity index (χ1n) is 13.9. The van der Waals surface area contributed by atoms with Crippen LogP contribution in [0.3, 0.4) is 0 Å². The number of carbonyl (C=O) groups excluding carboxylic acids is 1. The van der Waals surface area contributed by atoms with Gasteiger partial charge in [0.1, 0.15) is 5.60 Å². The quantitative estimate of drug-likeness (QED) is 0.424. The first kappa shape index (κ1) is 22.6. The van der Waals surface area contributed by atoms with Crippen molar-refractivity contribution in [3.05, 3.63) is 96.1 Å². The van der Waals surface area contributed by atoms with Gasteiger partial charge >= 0.3 is 5.97 Å². The van der Waals surface area contributed by atoms with E-state index in [1.807, 2.05) is 20.8 Å². The third-order valence-electron chi connectivity index (χ3n) is 11.1. The fourth-order valence-electron chi connectivity index (χ4n) is 10.2. The second-order valence-electron chi connectivity index (χ2n) is 13.6. The van der Waals surface area contributed by atoms with Gasteiger partial charge in [0.15, 0.2) is 0 Å². The van der Waals surface area contributed by atoms with E-state index in [-0.39, 0.29) is 33.5 Å². The minimum absolute atomic E-state index is 0.0339. The van der Waals surface area contributed by atoms with E-state index in [0.29, 0.717) is 11.8 Å². The maximum atomic E-state index is 13.9. The molecule has 2 aromatic rings. The summed E-state index contributed by atoms with van der Waals surface area (Å²) in [5.74, 6) is 0.850. The fraction of sp³-hybridized carbons (Fsp3) is 0.500. The van der Waals surface area contributed by atoms with Gasteiger partial charge in [-0.2, -0.15) is 0 Å². The summed E-state index contributed by atoms with van der Waals surface area (Å²) in [5.41, 5.74) is 3.14. The van der Waals surface area contributed by atoms with Gasteiger partial charge in [0, 0.05) is 10.8 Å². The zero-order valence-corrected chi connectivity index (χ0v) is 21.9. The highest BCUT2D eigenvalue weighted by molar-refractivity contribution is 5.76. The summed E-state index contributed by atoms with van der Waals surface area (Å²) in [7, 11) is 0. The molecule has 186 valence electrons. The Balaban J connectivity index is 1.42. The summed E-state index contributed by atoms with van der Waals surface area (Å²) in [4.78, 5) is 13.9. The van der Waals surface area contributed by atoms with Gasteiger partial charge in [-0.05, 0) is 93.1 Å². The summed E-state index contributed by atoms with van der Waals surface area (Å²) < 4.78 is 6.15. The molecule has 2 aromatic carbocycles. The van der Waals surface area contributed by atoms with Crippen molar-refractivity contribution in [2.75, 3.05) is 0 Å². The number of carbonyl (C=O) groups is 1. The Hall–Kier alpha value is -2.61. The summed E-state index contributed by atoms with van der Waals surface area (Å²) in [5, 5.41) is 0. The van der Waals surface area contributed by atoms with Crippen molar-refractivity contribution in [3.63, 3.8) is 0 Å². The summed E-state index contributed by atoms with van der Waals surface area (Å²) in [6, 6.07) is 22.6. The molecule has 3 bridgehead atoms. The predicted octanol–water partition coefficient (Wildman–Crippen LogP) is 7.55. The van der Waals surface area contributed by atoms with Gasteiger partial charge in [0.2, 0.25) is 0 Å². The number of ether oxygens (including phenoxy) is 1. The normalized spacial score (nSPS) is 41.7. The van der Waals surface area contributed by atoms with Crippen LogP contribution in [0.2, 0.25) is 0 Å². The lowest BCUT2D eigenvalue weighted by Crippen LogP contribution is -2.79. The molecule has 36 heavy (non-hydrogen) atoms. The number of hydrogen-bond donors (Lipinski definition) is 0. The van der Waals surface area contributed by atoms with Gasteiger partial charge in [-0.1, -0.05) is 85.0 Å². The monoisotopic (exact) mass is 478 g/mol. The van der Waals surface area contributed by atoms with Crippen LogP contribution in [-0.2, 0) is 20.4 Å². The Labute approximate surface area is 215 Å². The Morgan fingerprint density at radius 3 is 2.19 bits per heavy atom. The van der Waals surface area contributed by atoms with Gasteiger partial charge in [-0.15, -0.1) is 0 Å².